The second-order valence-electron chi connectivity index (χ2n) is 6.66. The summed E-state index contributed by atoms with van der Waals surface area (Å²) in [6.45, 7) is 3.08. The third-order valence-electron chi connectivity index (χ3n) is 4.93. The molecule has 4 heterocycles. The Bertz CT molecular complexity index is 1100. The highest BCUT2D eigenvalue weighted by Crippen LogP contribution is 2.36. The standard InChI is InChI=1S/C19H17ClN4O3S/c20-13-4-1-3-12(11-13)15(23-6-9-26-10-7-23)16-18(25)24-19(28-16)21-17(22-24)14-5-2-8-27-14/h1-5,8,11,15,25H,6-7,9-10H2/p+1/t15-/m1/s1. The molecular formula is C19H18ClN4O3S+. The van der Waals surface area contributed by atoms with Gasteiger partial charge in [0.25, 0.3) is 0 Å². The van der Waals surface area contributed by atoms with Gasteiger partial charge in [-0.1, -0.05) is 35.1 Å². The second-order valence-corrected chi connectivity index (χ2v) is 8.10. The van der Waals surface area contributed by atoms with Gasteiger partial charge in [0.2, 0.25) is 16.7 Å². The van der Waals surface area contributed by atoms with Crippen molar-refractivity contribution in [2.24, 2.45) is 0 Å². The second kappa shape index (κ2) is 7.21. The summed E-state index contributed by atoms with van der Waals surface area (Å²) in [7, 11) is 0. The predicted molar refractivity (Wildman–Crippen MR) is 105 cm³/mol. The molecule has 0 unspecified atom stereocenters. The van der Waals surface area contributed by atoms with Crippen LogP contribution >= 0.6 is 22.9 Å². The molecule has 0 aliphatic carbocycles. The van der Waals surface area contributed by atoms with Crippen molar-refractivity contribution in [3.63, 3.8) is 0 Å². The molecule has 0 radical (unpaired) electrons. The van der Waals surface area contributed by atoms with Gasteiger partial charge >= 0.3 is 0 Å². The summed E-state index contributed by atoms with van der Waals surface area (Å²) >= 11 is 7.69. The van der Waals surface area contributed by atoms with E-state index in [1.54, 1.807) is 18.4 Å². The lowest BCUT2D eigenvalue weighted by Crippen LogP contribution is -3.14. The molecule has 1 aromatic carbocycles. The molecule has 1 aliphatic rings. The summed E-state index contributed by atoms with van der Waals surface area (Å²) < 4.78 is 12.4. The van der Waals surface area contributed by atoms with Gasteiger partial charge in [-0.2, -0.15) is 9.50 Å². The molecule has 1 saturated heterocycles. The van der Waals surface area contributed by atoms with Crippen LogP contribution in [-0.4, -0.2) is 46.0 Å². The number of aromatic nitrogens is 3. The quantitative estimate of drug-likeness (QED) is 0.533. The number of hydrogen-bond donors (Lipinski definition) is 2. The molecule has 2 N–H and O–H groups in total. The third kappa shape index (κ3) is 3.08. The number of nitrogens with zero attached hydrogens (tertiary/aromatic N) is 3. The van der Waals surface area contributed by atoms with E-state index < -0.39 is 0 Å². The van der Waals surface area contributed by atoms with Crippen LogP contribution in [0.1, 0.15) is 16.5 Å². The summed E-state index contributed by atoms with van der Waals surface area (Å²) in [5.74, 6) is 1.13. The molecule has 0 amide bonds. The molecule has 0 bridgehead atoms. The molecule has 3 aromatic heterocycles. The summed E-state index contributed by atoms with van der Waals surface area (Å²) in [5, 5.41) is 16.1. The van der Waals surface area contributed by atoms with Crippen LogP contribution in [0, 0.1) is 0 Å². The van der Waals surface area contributed by atoms with Gasteiger partial charge in [-0.15, -0.1) is 5.10 Å². The maximum absolute atomic E-state index is 11.0. The van der Waals surface area contributed by atoms with Crippen LogP contribution in [0.2, 0.25) is 5.02 Å². The number of aromatic hydroxyl groups is 1. The molecule has 0 saturated carbocycles. The first kappa shape index (κ1) is 17.7. The number of rotatable bonds is 4. The van der Waals surface area contributed by atoms with Crippen LogP contribution < -0.4 is 4.90 Å². The molecule has 4 aromatic rings. The van der Waals surface area contributed by atoms with E-state index in [-0.39, 0.29) is 11.9 Å². The summed E-state index contributed by atoms with van der Waals surface area (Å²) in [6.07, 6.45) is 1.58. The largest absolute Gasteiger partial charge is 0.492 e. The Morgan fingerprint density at radius 3 is 2.79 bits per heavy atom. The number of benzene rings is 1. The van der Waals surface area contributed by atoms with E-state index >= 15 is 0 Å². The Morgan fingerprint density at radius 1 is 1.21 bits per heavy atom. The van der Waals surface area contributed by atoms with Gasteiger partial charge in [-0.05, 0) is 24.3 Å². The van der Waals surface area contributed by atoms with E-state index in [4.69, 9.17) is 20.8 Å². The number of furan rings is 1. The van der Waals surface area contributed by atoms with Gasteiger partial charge in [0, 0.05) is 10.6 Å². The number of thiazole rings is 1. The molecule has 1 atom stereocenters. The smallest absolute Gasteiger partial charge is 0.235 e. The highest BCUT2D eigenvalue weighted by molar-refractivity contribution is 7.17. The molecule has 9 heteroatoms. The van der Waals surface area contributed by atoms with Gasteiger partial charge in [-0.3, -0.25) is 0 Å². The van der Waals surface area contributed by atoms with Crippen molar-refractivity contribution in [3.8, 4) is 17.5 Å². The first-order valence-electron chi connectivity index (χ1n) is 9.01. The molecule has 7 nitrogen and oxygen atoms in total. The lowest BCUT2D eigenvalue weighted by Gasteiger charge is -2.31. The zero-order valence-corrected chi connectivity index (χ0v) is 16.4. The first-order chi connectivity index (χ1) is 13.7. The maximum atomic E-state index is 11.0. The lowest BCUT2D eigenvalue weighted by atomic mass is 10.0. The predicted octanol–water partition coefficient (Wildman–Crippen LogP) is 2.41. The van der Waals surface area contributed by atoms with Gasteiger partial charge in [0.1, 0.15) is 18.0 Å². The van der Waals surface area contributed by atoms with Crippen LogP contribution in [0.15, 0.2) is 47.1 Å². The van der Waals surface area contributed by atoms with E-state index in [0.29, 0.717) is 34.8 Å². The minimum Gasteiger partial charge on any atom is -0.492 e. The third-order valence-corrected chi connectivity index (χ3v) is 6.25. The minimum absolute atomic E-state index is 0.0665. The van der Waals surface area contributed by atoms with Crippen LogP contribution in [0.5, 0.6) is 5.88 Å². The van der Waals surface area contributed by atoms with E-state index in [0.717, 1.165) is 23.5 Å². The number of morpholine rings is 1. The summed E-state index contributed by atoms with van der Waals surface area (Å²) in [4.78, 5) is 7.29. The SMILES string of the molecule is Oc1c([C@@H](c2cccc(Cl)c2)[NH+]2CCOCC2)sc2nc(-c3ccco3)nn12. The van der Waals surface area contributed by atoms with E-state index in [1.165, 1.54) is 20.8 Å². The topological polar surface area (TPSA) is 77.2 Å². The van der Waals surface area contributed by atoms with E-state index in [2.05, 4.69) is 10.1 Å². The number of halogens is 1. The summed E-state index contributed by atoms with van der Waals surface area (Å²) in [6, 6.07) is 11.3. The fourth-order valence-corrected chi connectivity index (χ4v) is 4.97. The molecule has 144 valence electrons. The number of ether oxygens (including phenoxy) is 1. The number of nitrogens with one attached hydrogen (secondary N) is 1. The maximum Gasteiger partial charge on any atom is 0.235 e. The molecule has 0 spiro atoms. The van der Waals surface area contributed by atoms with Gasteiger partial charge in [0.15, 0.2) is 11.8 Å². The number of hydrogen-bond acceptors (Lipinski definition) is 6. The van der Waals surface area contributed by atoms with Crippen molar-refractivity contribution in [3.05, 3.63) is 58.1 Å². The van der Waals surface area contributed by atoms with E-state index in [9.17, 15) is 5.11 Å². The van der Waals surface area contributed by atoms with Gasteiger partial charge in [-0.25, -0.2) is 0 Å². The highest BCUT2D eigenvalue weighted by Gasteiger charge is 2.34. The Labute approximate surface area is 169 Å². The fraction of sp³-hybridized carbons (Fsp3) is 0.263. The number of fused-ring (bicyclic) bond motifs is 1. The normalized spacial score (nSPS) is 16.6. The average molecular weight is 418 g/mol. The highest BCUT2D eigenvalue weighted by atomic mass is 35.5. The Balaban J connectivity index is 1.60. The fourth-order valence-electron chi connectivity index (χ4n) is 3.63. The van der Waals surface area contributed by atoms with Gasteiger partial charge < -0.3 is 19.2 Å². The monoisotopic (exact) mass is 417 g/mol. The Morgan fingerprint density at radius 2 is 2.07 bits per heavy atom. The zero-order valence-electron chi connectivity index (χ0n) is 14.8. The van der Waals surface area contributed by atoms with Gasteiger partial charge in [0.05, 0.1) is 19.5 Å². The van der Waals surface area contributed by atoms with Crippen LogP contribution in [0.4, 0.5) is 0 Å². The minimum atomic E-state index is -0.0665. The van der Waals surface area contributed by atoms with Crippen molar-refractivity contribution in [1.82, 2.24) is 14.6 Å². The molecule has 1 fully saturated rings. The van der Waals surface area contributed by atoms with E-state index in [1.807, 2.05) is 24.3 Å². The Kier molecular flexibility index (Phi) is 4.56. The van der Waals surface area contributed by atoms with Crippen molar-refractivity contribution < 1.29 is 19.2 Å². The molecule has 1 aliphatic heterocycles. The van der Waals surface area contributed by atoms with Crippen LogP contribution in [0.3, 0.4) is 0 Å². The molecule has 28 heavy (non-hydrogen) atoms. The molecule has 5 rings (SSSR count). The summed E-state index contributed by atoms with van der Waals surface area (Å²) in [5.41, 5.74) is 1.05. The lowest BCUT2D eigenvalue weighted by molar-refractivity contribution is -0.932. The average Bonchev–Trinajstić information content (AvgIpc) is 3.42. The number of quaternary nitrogens is 1. The van der Waals surface area contributed by atoms with Crippen molar-refractivity contribution in [2.45, 2.75) is 6.04 Å². The zero-order chi connectivity index (χ0) is 19.1. The Hall–Kier alpha value is -2.39. The molecular weight excluding hydrogens is 400 g/mol. The van der Waals surface area contributed by atoms with Crippen molar-refractivity contribution >= 4 is 27.9 Å². The first-order valence-corrected chi connectivity index (χ1v) is 10.2. The van der Waals surface area contributed by atoms with Crippen molar-refractivity contribution in [1.29, 1.82) is 0 Å². The van der Waals surface area contributed by atoms with Crippen molar-refractivity contribution in [2.75, 3.05) is 26.3 Å². The van der Waals surface area contributed by atoms with Crippen LogP contribution in [-0.2, 0) is 4.74 Å². The van der Waals surface area contributed by atoms with Crippen LogP contribution in [0.25, 0.3) is 16.5 Å².